The summed E-state index contributed by atoms with van der Waals surface area (Å²) in [4.78, 5) is 12.8. The van der Waals surface area contributed by atoms with Crippen LogP contribution in [0.4, 0.5) is 15.8 Å². The second-order valence-corrected chi connectivity index (χ2v) is 9.14. The fraction of sp³-hybridized carbons (Fsp3) is 0.174. The molecular weight excluding hydrogens is 403 g/mol. The van der Waals surface area contributed by atoms with Crippen molar-refractivity contribution < 1.29 is 17.6 Å². The summed E-state index contributed by atoms with van der Waals surface area (Å²) in [5.74, 6) is -0.632. The first-order valence-electron chi connectivity index (χ1n) is 9.45. The molecule has 1 N–H and O–H groups in total. The minimum Gasteiger partial charge on any atom is -0.322 e. The van der Waals surface area contributed by atoms with E-state index in [4.69, 9.17) is 0 Å². The molecule has 0 fully saturated rings. The Morgan fingerprint density at radius 3 is 2.30 bits per heavy atom. The molecule has 0 aliphatic carbocycles. The molecule has 0 atom stereocenters. The largest absolute Gasteiger partial charge is 0.322 e. The number of hydrogen-bond acceptors (Lipinski definition) is 3. The normalized spacial score (nSPS) is 11.4. The van der Waals surface area contributed by atoms with Crippen LogP contribution in [0.3, 0.4) is 0 Å². The molecule has 0 bridgehead atoms. The van der Waals surface area contributed by atoms with Crippen LogP contribution in [-0.2, 0) is 10.0 Å². The van der Waals surface area contributed by atoms with Crippen molar-refractivity contribution in [3.8, 4) is 0 Å². The number of amides is 1. The smallest absolute Gasteiger partial charge is 0.264 e. The molecule has 3 rings (SSSR count). The Balaban J connectivity index is 1.88. The third-order valence-corrected chi connectivity index (χ3v) is 6.56. The van der Waals surface area contributed by atoms with Crippen molar-refractivity contribution in [1.82, 2.24) is 0 Å². The quantitative estimate of drug-likeness (QED) is 0.601. The van der Waals surface area contributed by atoms with Crippen molar-refractivity contribution in [2.24, 2.45) is 0 Å². The van der Waals surface area contributed by atoms with Gasteiger partial charge in [-0.25, -0.2) is 12.8 Å². The van der Waals surface area contributed by atoms with Crippen LogP contribution in [0.1, 0.15) is 35.7 Å². The van der Waals surface area contributed by atoms with Gasteiger partial charge in [0.05, 0.1) is 10.6 Å². The lowest BCUT2D eigenvalue weighted by Gasteiger charge is -2.20. The van der Waals surface area contributed by atoms with E-state index in [9.17, 15) is 17.6 Å². The maximum Gasteiger partial charge on any atom is 0.264 e. The number of halogens is 1. The average molecular weight is 427 g/mol. The number of carbonyl (C=O) groups is 1. The van der Waals surface area contributed by atoms with E-state index in [1.807, 2.05) is 38.1 Å². The molecule has 7 heteroatoms. The van der Waals surface area contributed by atoms with E-state index in [0.717, 1.165) is 9.87 Å². The second-order valence-electron chi connectivity index (χ2n) is 7.17. The molecule has 3 aromatic carbocycles. The van der Waals surface area contributed by atoms with Crippen molar-refractivity contribution in [3.05, 3.63) is 89.7 Å². The summed E-state index contributed by atoms with van der Waals surface area (Å²) in [5.41, 5.74) is 2.22. The van der Waals surface area contributed by atoms with Crippen molar-refractivity contribution in [2.75, 3.05) is 16.7 Å². The van der Waals surface area contributed by atoms with Crippen molar-refractivity contribution in [3.63, 3.8) is 0 Å². The Hall–Kier alpha value is -3.19. The SMILES string of the molecule is CC(C)c1ccccc1NC(=O)c1cccc(S(=O)(=O)N(C)c2ccc(F)cc2)c1. The van der Waals surface area contributed by atoms with Crippen LogP contribution in [-0.4, -0.2) is 21.4 Å². The number of sulfonamides is 1. The van der Waals surface area contributed by atoms with Gasteiger partial charge < -0.3 is 5.32 Å². The molecule has 0 aliphatic heterocycles. The summed E-state index contributed by atoms with van der Waals surface area (Å²) in [6.45, 7) is 4.06. The maximum atomic E-state index is 13.2. The van der Waals surface area contributed by atoms with E-state index in [0.29, 0.717) is 11.4 Å². The topological polar surface area (TPSA) is 66.5 Å². The van der Waals surface area contributed by atoms with Gasteiger partial charge in [0, 0.05) is 18.3 Å². The summed E-state index contributed by atoms with van der Waals surface area (Å²) < 4.78 is 40.2. The van der Waals surface area contributed by atoms with Gasteiger partial charge in [0.2, 0.25) is 0 Å². The molecular formula is C23H23FN2O3S. The number of para-hydroxylation sites is 1. The Labute approximate surface area is 176 Å². The summed E-state index contributed by atoms with van der Waals surface area (Å²) in [7, 11) is -2.54. The van der Waals surface area contributed by atoms with E-state index in [1.54, 1.807) is 6.07 Å². The summed E-state index contributed by atoms with van der Waals surface area (Å²) in [5, 5.41) is 2.86. The number of anilines is 2. The van der Waals surface area contributed by atoms with Gasteiger partial charge >= 0.3 is 0 Å². The molecule has 30 heavy (non-hydrogen) atoms. The number of benzene rings is 3. The third-order valence-electron chi connectivity index (χ3n) is 4.78. The Morgan fingerprint density at radius 1 is 0.967 bits per heavy atom. The first-order valence-corrected chi connectivity index (χ1v) is 10.9. The van der Waals surface area contributed by atoms with Gasteiger partial charge in [-0.1, -0.05) is 38.1 Å². The predicted molar refractivity (Wildman–Crippen MR) is 117 cm³/mol. The highest BCUT2D eigenvalue weighted by Gasteiger charge is 2.23. The lowest BCUT2D eigenvalue weighted by Crippen LogP contribution is -2.27. The summed E-state index contributed by atoms with van der Waals surface area (Å²) >= 11 is 0. The van der Waals surface area contributed by atoms with E-state index >= 15 is 0 Å². The predicted octanol–water partition coefficient (Wildman–Crippen LogP) is 5.03. The second kappa shape index (κ2) is 8.67. The first kappa shape index (κ1) is 21.5. The number of nitrogens with one attached hydrogen (secondary N) is 1. The van der Waals surface area contributed by atoms with Crippen molar-refractivity contribution in [1.29, 1.82) is 0 Å². The number of hydrogen-bond donors (Lipinski definition) is 1. The van der Waals surface area contributed by atoms with Gasteiger partial charge in [0.25, 0.3) is 15.9 Å². The summed E-state index contributed by atoms with van der Waals surface area (Å²) in [6.07, 6.45) is 0. The number of carbonyl (C=O) groups excluding carboxylic acids is 1. The zero-order valence-corrected chi connectivity index (χ0v) is 17.8. The van der Waals surface area contributed by atoms with Crippen molar-refractivity contribution in [2.45, 2.75) is 24.7 Å². The lowest BCUT2D eigenvalue weighted by atomic mass is 10.0. The summed E-state index contributed by atoms with van der Waals surface area (Å²) in [6, 6.07) is 18.5. The molecule has 0 spiro atoms. The van der Waals surface area contributed by atoms with Gasteiger partial charge in [-0.05, 0) is 60.0 Å². The van der Waals surface area contributed by atoms with E-state index < -0.39 is 21.7 Å². The maximum absolute atomic E-state index is 13.2. The Morgan fingerprint density at radius 2 is 1.63 bits per heavy atom. The third kappa shape index (κ3) is 4.52. The van der Waals surface area contributed by atoms with Crippen LogP contribution in [0.5, 0.6) is 0 Å². The number of rotatable bonds is 6. The average Bonchev–Trinajstić information content (AvgIpc) is 2.74. The zero-order chi connectivity index (χ0) is 21.9. The van der Waals surface area contributed by atoms with Crippen molar-refractivity contribution >= 4 is 27.3 Å². The van der Waals surface area contributed by atoms with E-state index in [-0.39, 0.29) is 16.4 Å². The first-order chi connectivity index (χ1) is 14.2. The molecule has 0 saturated carbocycles. The van der Waals surface area contributed by atoms with Gasteiger partial charge in [-0.3, -0.25) is 9.10 Å². The lowest BCUT2D eigenvalue weighted by molar-refractivity contribution is 0.102. The van der Waals surface area contributed by atoms with Crippen LogP contribution in [0, 0.1) is 5.82 Å². The molecule has 5 nitrogen and oxygen atoms in total. The molecule has 0 radical (unpaired) electrons. The van der Waals surface area contributed by atoms with E-state index in [1.165, 1.54) is 49.5 Å². The van der Waals surface area contributed by atoms with Gasteiger partial charge in [0.15, 0.2) is 0 Å². The minimum absolute atomic E-state index is 0.0286. The standard InChI is InChI=1S/C23H23FN2O3S/c1-16(2)21-9-4-5-10-22(21)25-23(27)17-7-6-8-20(15-17)30(28,29)26(3)19-13-11-18(24)12-14-19/h4-16H,1-3H3,(H,25,27). The highest BCUT2D eigenvalue weighted by atomic mass is 32.2. The molecule has 1 amide bonds. The molecule has 0 saturated heterocycles. The highest BCUT2D eigenvalue weighted by Crippen LogP contribution is 2.26. The number of nitrogens with zero attached hydrogens (tertiary/aromatic N) is 1. The van der Waals surface area contributed by atoms with Crippen LogP contribution < -0.4 is 9.62 Å². The van der Waals surface area contributed by atoms with Crippen LogP contribution in [0.25, 0.3) is 0 Å². The van der Waals surface area contributed by atoms with Crippen LogP contribution in [0.2, 0.25) is 0 Å². The molecule has 156 valence electrons. The highest BCUT2D eigenvalue weighted by molar-refractivity contribution is 7.92. The molecule has 0 unspecified atom stereocenters. The van der Waals surface area contributed by atoms with Crippen LogP contribution >= 0.6 is 0 Å². The van der Waals surface area contributed by atoms with Gasteiger partial charge in [-0.2, -0.15) is 0 Å². The van der Waals surface area contributed by atoms with E-state index in [2.05, 4.69) is 5.32 Å². The van der Waals surface area contributed by atoms with Crippen LogP contribution in [0.15, 0.2) is 77.7 Å². The monoisotopic (exact) mass is 426 g/mol. The molecule has 3 aromatic rings. The fourth-order valence-corrected chi connectivity index (χ4v) is 4.30. The van der Waals surface area contributed by atoms with Gasteiger partial charge in [-0.15, -0.1) is 0 Å². The fourth-order valence-electron chi connectivity index (χ4n) is 3.05. The van der Waals surface area contributed by atoms with Gasteiger partial charge in [0.1, 0.15) is 5.82 Å². The minimum atomic E-state index is -3.92. The Kier molecular flexibility index (Phi) is 6.22. The zero-order valence-electron chi connectivity index (χ0n) is 17.0. The molecule has 0 aliphatic rings. The molecule has 0 aromatic heterocycles. The molecule has 0 heterocycles. The Bertz CT molecular complexity index is 1160.